The summed E-state index contributed by atoms with van der Waals surface area (Å²) >= 11 is 0. The molecule has 0 saturated carbocycles. The summed E-state index contributed by atoms with van der Waals surface area (Å²) in [5, 5.41) is 7.69. The Bertz CT molecular complexity index is 524. The van der Waals surface area contributed by atoms with Crippen LogP contribution in [-0.4, -0.2) is 62.3 Å². The smallest absolute Gasteiger partial charge is 0.247 e. The van der Waals surface area contributed by atoms with Gasteiger partial charge in [-0.15, -0.1) is 5.10 Å². The Labute approximate surface area is 117 Å². The maximum atomic E-state index is 12.4. The number of amides is 2. The highest BCUT2D eigenvalue weighted by Crippen LogP contribution is 2.22. The van der Waals surface area contributed by atoms with E-state index in [9.17, 15) is 9.59 Å². The first-order valence-corrected chi connectivity index (χ1v) is 6.51. The lowest BCUT2D eigenvalue weighted by atomic mass is 9.97. The van der Waals surface area contributed by atoms with Crippen molar-refractivity contribution in [2.24, 2.45) is 5.73 Å². The Morgan fingerprint density at radius 1 is 1.45 bits per heavy atom. The zero-order chi connectivity index (χ0) is 14.9. The maximum absolute atomic E-state index is 12.4. The van der Waals surface area contributed by atoms with E-state index >= 15 is 0 Å². The highest BCUT2D eigenvalue weighted by molar-refractivity contribution is 5.91. The van der Waals surface area contributed by atoms with Gasteiger partial charge in [-0.2, -0.15) is 0 Å². The third kappa shape index (κ3) is 2.51. The van der Waals surface area contributed by atoms with Crippen molar-refractivity contribution in [3.8, 4) is 0 Å². The SMILES string of the molecule is CN1CCN(C(=O)Cn2cc(CN)nn2)C(C)(C)C1=O. The van der Waals surface area contributed by atoms with Crippen molar-refractivity contribution in [1.29, 1.82) is 0 Å². The summed E-state index contributed by atoms with van der Waals surface area (Å²) in [6, 6.07) is 0. The first kappa shape index (κ1) is 14.4. The molecule has 20 heavy (non-hydrogen) atoms. The topological polar surface area (TPSA) is 97.3 Å². The van der Waals surface area contributed by atoms with Crippen molar-refractivity contribution in [2.45, 2.75) is 32.5 Å². The second-order valence-corrected chi connectivity index (χ2v) is 5.44. The average Bonchev–Trinajstić information content (AvgIpc) is 2.83. The van der Waals surface area contributed by atoms with E-state index in [-0.39, 0.29) is 24.9 Å². The summed E-state index contributed by atoms with van der Waals surface area (Å²) in [7, 11) is 1.75. The number of hydrogen-bond donors (Lipinski definition) is 1. The van der Waals surface area contributed by atoms with Crippen molar-refractivity contribution in [3.63, 3.8) is 0 Å². The van der Waals surface area contributed by atoms with E-state index in [1.54, 1.807) is 36.9 Å². The molecule has 110 valence electrons. The van der Waals surface area contributed by atoms with Crippen LogP contribution < -0.4 is 5.73 Å². The highest BCUT2D eigenvalue weighted by atomic mass is 16.2. The fourth-order valence-corrected chi connectivity index (χ4v) is 2.38. The number of likely N-dealkylation sites (N-methyl/N-ethyl adjacent to an activating group) is 1. The Morgan fingerprint density at radius 2 is 2.15 bits per heavy atom. The minimum Gasteiger partial charge on any atom is -0.342 e. The molecule has 0 bridgehead atoms. The van der Waals surface area contributed by atoms with Gasteiger partial charge in [0.2, 0.25) is 11.8 Å². The zero-order valence-corrected chi connectivity index (χ0v) is 12.0. The minimum atomic E-state index is -0.832. The van der Waals surface area contributed by atoms with Gasteiger partial charge < -0.3 is 15.5 Å². The van der Waals surface area contributed by atoms with Crippen LogP contribution in [0.4, 0.5) is 0 Å². The van der Waals surface area contributed by atoms with E-state index in [1.807, 2.05) is 0 Å². The molecule has 0 radical (unpaired) electrons. The van der Waals surface area contributed by atoms with E-state index in [1.165, 1.54) is 4.68 Å². The van der Waals surface area contributed by atoms with E-state index in [0.717, 1.165) is 0 Å². The van der Waals surface area contributed by atoms with E-state index < -0.39 is 5.54 Å². The molecule has 1 saturated heterocycles. The summed E-state index contributed by atoms with van der Waals surface area (Å²) < 4.78 is 1.45. The van der Waals surface area contributed by atoms with Gasteiger partial charge >= 0.3 is 0 Å². The number of hydrogen-bond acceptors (Lipinski definition) is 5. The van der Waals surface area contributed by atoms with Crippen molar-refractivity contribution in [3.05, 3.63) is 11.9 Å². The van der Waals surface area contributed by atoms with Crippen molar-refractivity contribution in [2.75, 3.05) is 20.1 Å². The number of aromatic nitrogens is 3. The summed E-state index contributed by atoms with van der Waals surface area (Å²) in [6.07, 6.45) is 1.64. The summed E-state index contributed by atoms with van der Waals surface area (Å²) in [6.45, 7) is 4.93. The molecule has 1 fully saturated rings. The fraction of sp³-hybridized carbons (Fsp3) is 0.667. The van der Waals surface area contributed by atoms with Crippen LogP contribution in [0.15, 0.2) is 6.20 Å². The van der Waals surface area contributed by atoms with Gasteiger partial charge in [0.15, 0.2) is 0 Å². The van der Waals surface area contributed by atoms with Crippen molar-refractivity contribution < 1.29 is 9.59 Å². The molecule has 0 aliphatic carbocycles. The first-order chi connectivity index (χ1) is 9.36. The van der Waals surface area contributed by atoms with Crippen molar-refractivity contribution >= 4 is 11.8 Å². The van der Waals surface area contributed by atoms with Gasteiger partial charge in [-0.25, -0.2) is 4.68 Å². The maximum Gasteiger partial charge on any atom is 0.247 e. The van der Waals surface area contributed by atoms with Gasteiger partial charge in [0, 0.05) is 26.7 Å². The van der Waals surface area contributed by atoms with E-state index in [0.29, 0.717) is 18.8 Å². The molecule has 0 aromatic carbocycles. The lowest BCUT2D eigenvalue weighted by Crippen LogP contribution is -2.64. The van der Waals surface area contributed by atoms with Gasteiger partial charge in [0.1, 0.15) is 12.1 Å². The second kappa shape index (κ2) is 5.20. The Kier molecular flexibility index (Phi) is 3.76. The van der Waals surface area contributed by atoms with Gasteiger partial charge in [0.25, 0.3) is 0 Å². The molecule has 2 heterocycles. The van der Waals surface area contributed by atoms with Crippen molar-refractivity contribution in [1.82, 2.24) is 24.8 Å². The largest absolute Gasteiger partial charge is 0.342 e. The van der Waals surface area contributed by atoms with Gasteiger partial charge in [-0.1, -0.05) is 5.21 Å². The van der Waals surface area contributed by atoms with Crippen LogP contribution >= 0.6 is 0 Å². The second-order valence-electron chi connectivity index (χ2n) is 5.44. The molecule has 1 aromatic heterocycles. The molecule has 2 amide bonds. The average molecular weight is 280 g/mol. The van der Waals surface area contributed by atoms with Crippen LogP contribution in [0.2, 0.25) is 0 Å². The monoisotopic (exact) mass is 280 g/mol. The molecule has 0 unspecified atom stereocenters. The molecular formula is C12H20N6O2. The molecule has 0 spiro atoms. The molecular weight excluding hydrogens is 260 g/mol. The van der Waals surface area contributed by atoms with Crippen LogP contribution in [0.25, 0.3) is 0 Å². The summed E-state index contributed by atoms with van der Waals surface area (Å²) in [5.41, 5.74) is 5.25. The number of nitrogens with zero attached hydrogens (tertiary/aromatic N) is 5. The van der Waals surface area contributed by atoms with Crippen LogP contribution in [-0.2, 0) is 22.7 Å². The highest BCUT2D eigenvalue weighted by Gasteiger charge is 2.42. The van der Waals surface area contributed by atoms with Gasteiger partial charge in [-0.3, -0.25) is 9.59 Å². The summed E-state index contributed by atoms with van der Waals surface area (Å²) in [5.74, 6) is -0.205. The number of piperazine rings is 1. The van der Waals surface area contributed by atoms with Crippen LogP contribution in [0, 0.1) is 0 Å². The first-order valence-electron chi connectivity index (χ1n) is 6.51. The predicted octanol–water partition coefficient (Wildman–Crippen LogP) is -1.18. The van der Waals surface area contributed by atoms with Gasteiger partial charge in [0.05, 0.1) is 11.9 Å². The normalized spacial score (nSPS) is 18.5. The number of rotatable bonds is 3. The molecule has 1 aliphatic rings. The van der Waals surface area contributed by atoms with E-state index in [4.69, 9.17) is 5.73 Å². The molecule has 2 N–H and O–H groups in total. The van der Waals surface area contributed by atoms with Crippen LogP contribution in [0.1, 0.15) is 19.5 Å². The third-order valence-corrected chi connectivity index (χ3v) is 3.60. The molecule has 8 heteroatoms. The molecule has 0 atom stereocenters. The lowest BCUT2D eigenvalue weighted by molar-refractivity contribution is -0.157. The number of carbonyl (C=O) groups excluding carboxylic acids is 2. The molecule has 8 nitrogen and oxygen atoms in total. The standard InChI is InChI=1S/C12H20N6O2/c1-12(2)11(20)16(3)4-5-18(12)10(19)8-17-7-9(6-13)14-15-17/h7H,4-6,8,13H2,1-3H3. The predicted molar refractivity (Wildman–Crippen MR) is 71.3 cm³/mol. The fourth-order valence-electron chi connectivity index (χ4n) is 2.38. The molecule has 1 aromatic rings. The summed E-state index contributed by atoms with van der Waals surface area (Å²) in [4.78, 5) is 27.8. The van der Waals surface area contributed by atoms with E-state index in [2.05, 4.69) is 10.3 Å². The number of nitrogens with two attached hydrogens (primary N) is 1. The van der Waals surface area contributed by atoms with Crippen LogP contribution in [0.5, 0.6) is 0 Å². The molecule has 2 rings (SSSR count). The quantitative estimate of drug-likeness (QED) is 0.751. The van der Waals surface area contributed by atoms with Crippen LogP contribution in [0.3, 0.4) is 0 Å². The Balaban J connectivity index is 2.10. The Morgan fingerprint density at radius 3 is 2.75 bits per heavy atom. The lowest BCUT2D eigenvalue weighted by Gasteiger charge is -2.44. The number of carbonyl (C=O) groups is 2. The Hall–Kier alpha value is -1.96. The third-order valence-electron chi connectivity index (χ3n) is 3.60. The minimum absolute atomic E-state index is 0.0571. The van der Waals surface area contributed by atoms with Gasteiger partial charge in [-0.05, 0) is 13.8 Å². The zero-order valence-electron chi connectivity index (χ0n) is 12.0. The molecule has 1 aliphatic heterocycles.